The predicted molar refractivity (Wildman–Crippen MR) is 132 cm³/mol. The van der Waals surface area contributed by atoms with Crippen LogP contribution >= 0.6 is 0 Å². The fourth-order valence-corrected chi connectivity index (χ4v) is 5.28. The number of carbonyl (C=O) groups is 2. The van der Waals surface area contributed by atoms with Gasteiger partial charge in [0.15, 0.2) is 11.6 Å². The van der Waals surface area contributed by atoms with E-state index in [9.17, 15) is 14.7 Å². The maximum Gasteiger partial charge on any atom is 0.307 e. The molecule has 1 amide bonds. The van der Waals surface area contributed by atoms with Crippen molar-refractivity contribution in [3.05, 3.63) is 47.8 Å². The van der Waals surface area contributed by atoms with Crippen molar-refractivity contribution in [2.24, 2.45) is 11.8 Å². The van der Waals surface area contributed by atoms with Crippen molar-refractivity contribution < 1.29 is 28.6 Å². The number of aliphatic carboxylic acids is 1. The number of carboxylic acid groups (broad SMARTS) is 1. The standard InChI is InChI=1S/C28H34FNO5/c1-2-34-25-13-7-12-22(26(25)29)21-15-14-19(16-18(21)17-35-20-8-3-4-9-20)30-27(31)23-10-5-6-11-24(23)28(32)33/h7,12-16,20,23-24H,2-6,8-11,17H2,1H3,(H,30,31)(H,32,33)/t23-,24-/m0/s1. The average Bonchev–Trinajstić information content (AvgIpc) is 3.38. The van der Waals surface area contributed by atoms with Crippen molar-refractivity contribution in [1.29, 1.82) is 0 Å². The highest BCUT2D eigenvalue weighted by Crippen LogP contribution is 2.35. The third kappa shape index (κ3) is 6.01. The van der Waals surface area contributed by atoms with E-state index in [0.717, 1.165) is 44.1 Å². The van der Waals surface area contributed by atoms with Crippen molar-refractivity contribution in [1.82, 2.24) is 0 Å². The number of hydrogen-bond donors (Lipinski definition) is 2. The molecule has 4 rings (SSSR count). The highest BCUT2D eigenvalue weighted by molar-refractivity contribution is 5.95. The van der Waals surface area contributed by atoms with Crippen LogP contribution in [0.3, 0.4) is 0 Å². The van der Waals surface area contributed by atoms with E-state index in [1.807, 2.05) is 13.0 Å². The van der Waals surface area contributed by atoms with Gasteiger partial charge in [0.05, 0.1) is 31.2 Å². The minimum absolute atomic E-state index is 0.180. The highest BCUT2D eigenvalue weighted by atomic mass is 19.1. The lowest BCUT2D eigenvalue weighted by atomic mass is 9.78. The summed E-state index contributed by atoms with van der Waals surface area (Å²) in [5.41, 5.74) is 2.42. The van der Waals surface area contributed by atoms with Gasteiger partial charge in [-0.3, -0.25) is 9.59 Å². The largest absolute Gasteiger partial charge is 0.491 e. The zero-order valence-electron chi connectivity index (χ0n) is 20.2. The van der Waals surface area contributed by atoms with Crippen LogP contribution in [0.5, 0.6) is 5.75 Å². The maximum atomic E-state index is 15.2. The Bertz CT molecular complexity index is 1050. The Labute approximate surface area is 205 Å². The Morgan fingerprint density at radius 3 is 2.43 bits per heavy atom. The van der Waals surface area contributed by atoms with Gasteiger partial charge in [-0.15, -0.1) is 0 Å². The van der Waals surface area contributed by atoms with Gasteiger partial charge < -0.3 is 19.9 Å². The topological polar surface area (TPSA) is 84.9 Å². The molecule has 6 nitrogen and oxygen atoms in total. The fraction of sp³-hybridized carbons (Fsp3) is 0.500. The molecule has 7 heteroatoms. The molecule has 2 fully saturated rings. The van der Waals surface area contributed by atoms with E-state index in [0.29, 0.717) is 42.9 Å². The Kier molecular flexibility index (Phi) is 8.39. The number of rotatable bonds is 9. The minimum atomic E-state index is -0.921. The maximum absolute atomic E-state index is 15.2. The first kappa shape index (κ1) is 25.2. The van der Waals surface area contributed by atoms with Crippen molar-refractivity contribution in [2.75, 3.05) is 11.9 Å². The van der Waals surface area contributed by atoms with Crippen LogP contribution in [0.2, 0.25) is 0 Å². The van der Waals surface area contributed by atoms with Gasteiger partial charge in [0.2, 0.25) is 5.91 Å². The molecule has 0 aliphatic heterocycles. The molecule has 35 heavy (non-hydrogen) atoms. The normalized spacial score (nSPS) is 20.5. The molecule has 0 bridgehead atoms. The quantitative estimate of drug-likeness (QED) is 0.445. The number of ether oxygens (including phenoxy) is 2. The molecule has 0 radical (unpaired) electrons. The summed E-state index contributed by atoms with van der Waals surface area (Å²) < 4.78 is 26.8. The molecule has 2 atom stereocenters. The number of hydrogen-bond acceptors (Lipinski definition) is 4. The molecule has 0 spiro atoms. The van der Waals surface area contributed by atoms with Gasteiger partial charge in [-0.05, 0) is 61.9 Å². The SMILES string of the molecule is CCOc1cccc(-c2ccc(NC(=O)[C@H]3CCCC[C@@H]3C(=O)O)cc2COC2CCCC2)c1F. The minimum Gasteiger partial charge on any atom is -0.491 e. The van der Waals surface area contributed by atoms with Crippen LogP contribution in [0, 0.1) is 17.7 Å². The third-order valence-corrected chi connectivity index (χ3v) is 7.12. The van der Waals surface area contributed by atoms with Crippen LogP contribution in [0.4, 0.5) is 10.1 Å². The molecule has 0 unspecified atom stereocenters. The van der Waals surface area contributed by atoms with Gasteiger partial charge in [-0.2, -0.15) is 0 Å². The number of carboxylic acids is 1. The lowest BCUT2D eigenvalue weighted by Crippen LogP contribution is -2.36. The van der Waals surface area contributed by atoms with Crippen molar-refractivity contribution >= 4 is 17.6 Å². The molecule has 2 aromatic carbocycles. The summed E-state index contributed by atoms with van der Waals surface area (Å²) >= 11 is 0. The average molecular weight is 484 g/mol. The first-order valence-corrected chi connectivity index (χ1v) is 12.7. The van der Waals surface area contributed by atoms with E-state index in [4.69, 9.17) is 9.47 Å². The van der Waals surface area contributed by atoms with E-state index in [1.54, 1.807) is 30.3 Å². The van der Waals surface area contributed by atoms with Crippen molar-refractivity contribution in [3.8, 4) is 16.9 Å². The second-order valence-electron chi connectivity index (χ2n) is 9.47. The predicted octanol–water partition coefficient (Wildman–Crippen LogP) is 6.18. The molecule has 2 aromatic rings. The van der Waals surface area contributed by atoms with Crippen LogP contribution in [0.25, 0.3) is 11.1 Å². The second kappa shape index (κ2) is 11.7. The zero-order chi connectivity index (χ0) is 24.8. The summed E-state index contributed by atoms with van der Waals surface area (Å²) in [5.74, 6) is -2.66. The summed E-state index contributed by atoms with van der Waals surface area (Å²) in [7, 11) is 0. The molecule has 2 aliphatic carbocycles. The lowest BCUT2D eigenvalue weighted by Gasteiger charge is -2.27. The molecule has 2 saturated carbocycles. The monoisotopic (exact) mass is 483 g/mol. The second-order valence-corrected chi connectivity index (χ2v) is 9.47. The van der Waals surface area contributed by atoms with E-state index in [-0.39, 0.29) is 17.8 Å². The van der Waals surface area contributed by atoms with Gasteiger partial charge in [-0.25, -0.2) is 4.39 Å². The van der Waals surface area contributed by atoms with Crippen molar-refractivity contribution in [2.45, 2.75) is 71.0 Å². The smallest absolute Gasteiger partial charge is 0.307 e. The van der Waals surface area contributed by atoms with Crippen LogP contribution in [-0.2, 0) is 20.9 Å². The molecule has 0 saturated heterocycles. The van der Waals surface area contributed by atoms with E-state index in [2.05, 4.69) is 5.32 Å². The van der Waals surface area contributed by atoms with Crippen LogP contribution in [0.15, 0.2) is 36.4 Å². The number of nitrogens with one attached hydrogen (secondary N) is 1. The number of benzene rings is 2. The van der Waals surface area contributed by atoms with Crippen LogP contribution < -0.4 is 10.1 Å². The van der Waals surface area contributed by atoms with Gasteiger partial charge in [0.25, 0.3) is 0 Å². The Hall–Kier alpha value is -2.93. The lowest BCUT2D eigenvalue weighted by molar-refractivity contribution is -0.147. The van der Waals surface area contributed by atoms with Crippen molar-refractivity contribution in [3.63, 3.8) is 0 Å². The summed E-state index contributed by atoms with van der Waals surface area (Å²) in [6.07, 6.45) is 7.24. The first-order valence-electron chi connectivity index (χ1n) is 12.7. The number of carbonyl (C=O) groups excluding carboxylic acids is 1. The summed E-state index contributed by atoms with van der Waals surface area (Å²) in [4.78, 5) is 24.7. The summed E-state index contributed by atoms with van der Waals surface area (Å²) in [5, 5.41) is 12.5. The molecule has 2 aliphatic rings. The van der Waals surface area contributed by atoms with Crippen LogP contribution in [-0.4, -0.2) is 29.7 Å². The van der Waals surface area contributed by atoms with Gasteiger partial charge in [-0.1, -0.05) is 43.9 Å². The Balaban J connectivity index is 1.61. The molecular weight excluding hydrogens is 449 g/mol. The molecular formula is C28H34FNO5. The number of anilines is 1. The van der Waals surface area contributed by atoms with E-state index < -0.39 is 23.6 Å². The molecule has 188 valence electrons. The summed E-state index contributed by atoms with van der Waals surface area (Å²) in [6, 6.07) is 10.4. The molecule has 0 heterocycles. The zero-order valence-corrected chi connectivity index (χ0v) is 20.2. The number of halogens is 1. The van der Waals surface area contributed by atoms with Crippen LogP contribution in [0.1, 0.15) is 63.9 Å². The first-order chi connectivity index (χ1) is 17.0. The highest BCUT2D eigenvalue weighted by Gasteiger charge is 2.35. The Morgan fingerprint density at radius 1 is 1.00 bits per heavy atom. The van der Waals surface area contributed by atoms with E-state index in [1.165, 1.54) is 0 Å². The Morgan fingerprint density at radius 2 is 1.71 bits per heavy atom. The fourth-order valence-electron chi connectivity index (χ4n) is 5.28. The van der Waals surface area contributed by atoms with Gasteiger partial charge >= 0.3 is 5.97 Å². The molecule has 2 N–H and O–H groups in total. The number of amides is 1. The third-order valence-electron chi connectivity index (χ3n) is 7.12. The summed E-state index contributed by atoms with van der Waals surface area (Å²) in [6.45, 7) is 2.47. The van der Waals surface area contributed by atoms with Gasteiger partial charge in [0, 0.05) is 11.3 Å². The van der Waals surface area contributed by atoms with Gasteiger partial charge in [0.1, 0.15) is 0 Å². The molecule has 0 aromatic heterocycles. The van der Waals surface area contributed by atoms with E-state index >= 15 is 4.39 Å².